The van der Waals surface area contributed by atoms with Crippen molar-refractivity contribution < 1.29 is 0 Å². The SMILES string of the molecule is CSCCC1CNc2cc(Cl)c(Cl)cc2N1. The highest BCUT2D eigenvalue weighted by Crippen LogP contribution is 2.35. The largest absolute Gasteiger partial charge is 0.381 e. The van der Waals surface area contributed by atoms with Gasteiger partial charge in [0.2, 0.25) is 0 Å². The number of hydrogen-bond acceptors (Lipinski definition) is 3. The lowest BCUT2D eigenvalue weighted by Gasteiger charge is -2.28. The quantitative estimate of drug-likeness (QED) is 0.874. The van der Waals surface area contributed by atoms with Gasteiger partial charge in [0, 0.05) is 12.6 Å². The number of thioether (sulfide) groups is 1. The molecule has 5 heteroatoms. The molecule has 0 saturated heterocycles. The Kier molecular flexibility index (Phi) is 4.11. The van der Waals surface area contributed by atoms with E-state index in [0.29, 0.717) is 16.1 Å². The molecule has 2 rings (SSSR count). The van der Waals surface area contributed by atoms with E-state index < -0.39 is 0 Å². The molecule has 0 fully saturated rings. The number of benzene rings is 1. The predicted octanol–water partition coefficient (Wildman–Crippen LogP) is 3.95. The van der Waals surface area contributed by atoms with Crippen LogP contribution in [0.5, 0.6) is 0 Å². The number of rotatable bonds is 3. The second kappa shape index (κ2) is 5.39. The zero-order valence-electron chi connectivity index (χ0n) is 9.02. The van der Waals surface area contributed by atoms with Gasteiger partial charge in [0.15, 0.2) is 0 Å². The van der Waals surface area contributed by atoms with Crippen LogP contribution >= 0.6 is 35.0 Å². The molecule has 88 valence electrons. The molecule has 0 saturated carbocycles. The number of anilines is 2. The van der Waals surface area contributed by atoms with Crippen molar-refractivity contribution in [2.45, 2.75) is 12.5 Å². The molecule has 0 bridgehead atoms. The Morgan fingerprint density at radius 3 is 2.69 bits per heavy atom. The van der Waals surface area contributed by atoms with Gasteiger partial charge in [-0.25, -0.2) is 0 Å². The van der Waals surface area contributed by atoms with Crippen LogP contribution in [0.15, 0.2) is 12.1 Å². The molecular formula is C11H14Cl2N2S. The summed E-state index contributed by atoms with van der Waals surface area (Å²) in [6, 6.07) is 4.23. The highest BCUT2D eigenvalue weighted by molar-refractivity contribution is 7.98. The van der Waals surface area contributed by atoms with Gasteiger partial charge < -0.3 is 10.6 Å². The van der Waals surface area contributed by atoms with Crippen molar-refractivity contribution in [3.8, 4) is 0 Å². The van der Waals surface area contributed by atoms with Gasteiger partial charge in [-0.15, -0.1) is 0 Å². The minimum atomic E-state index is 0.470. The van der Waals surface area contributed by atoms with Crippen molar-refractivity contribution in [3.63, 3.8) is 0 Å². The summed E-state index contributed by atoms with van der Waals surface area (Å²) < 4.78 is 0. The van der Waals surface area contributed by atoms with E-state index in [4.69, 9.17) is 23.2 Å². The van der Waals surface area contributed by atoms with Gasteiger partial charge in [0.25, 0.3) is 0 Å². The number of halogens is 2. The summed E-state index contributed by atoms with van der Waals surface area (Å²) >= 11 is 13.8. The molecule has 0 spiro atoms. The highest BCUT2D eigenvalue weighted by Gasteiger charge is 2.17. The molecule has 1 aliphatic rings. The third-order valence-electron chi connectivity index (χ3n) is 2.63. The van der Waals surface area contributed by atoms with Gasteiger partial charge in [-0.3, -0.25) is 0 Å². The normalized spacial score (nSPS) is 18.6. The Balaban J connectivity index is 2.11. The fourth-order valence-corrected chi connectivity index (χ4v) is 2.60. The zero-order chi connectivity index (χ0) is 11.5. The lowest BCUT2D eigenvalue weighted by molar-refractivity contribution is 0.720. The Morgan fingerprint density at radius 1 is 1.31 bits per heavy atom. The molecule has 1 aliphatic heterocycles. The van der Waals surface area contributed by atoms with Crippen molar-refractivity contribution in [1.82, 2.24) is 0 Å². The van der Waals surface area contributed by atoms with Gasteiger partial charge >= 0.3 is 0 Å². The topological polar surface area (TPSA) is 24.1 Å². The summed E-state index contributed by atoms with van der Waals surface area (Å²) in [5.74, 6) is 1.16. The maximum Gasteiger partial charge on any atom is 0.0614 e. The van der Waals surface area contributed by atoms with Crippen molar-refractivity contribution >= 4 is 46.3 Å². The average molecular weight is 277 g/mol. The molecule has 1 unspecified atom stereocenters. The van der Waals surface area contributed by atoms with E-state index in [1.54, 1.807) is 0 Å². The van der Waals surface area contributed by atoms with E-state index in [-0.39, 0.29) is 0 Å². The van der Waals surface area contributed by atoms with Crippen molar-refractivity contribution in [3.05, 3.63) is 22.2 Å². The van der Waals surface area contributed by atoms with Crippen LogP contribution in [0.2, 0.25) is 10.0 Å². The van der Waals surface area contributed by atoms with Crippen LogP contribution in [0.3, 0.4) is 0 Å². The monoisotopic (exact) mass is 276 g/mol. The molecule has 1 atom stereocenters. The number of hydrogen-bond donors (Lipinski definition) is 2. The first kappa shape index (κ1) is 12.2. The molecule has 0 radical (unpaired) electrons. The smallest absolute Gasteiger partial charge is 0.0614 e. The Bertz CT molecular complexity index is 384. The van der Waals surface area contributed by atoms with Crippen LogP contribution in [0, 0.1) is 0 Å². The summed E-state index contributed by atoms with van der Waals surface area (Å²) in [6.07, 6.45) is 3.27. The van der Waals surface area contributed by atoms with Crippen LogP contribution in [0.4, 0.5) is 11.4 Å². The molecule has 16 heavy (non-hydrogen) atoms. The summed E-state index contributed by atoms with van der Waals surface area (Å²) in [6.45, 7) is 0.936. The summed E-state index contributed by atoms with van der Waals surface area (Å²) in [4.78, 5) is 0. The average Bonchev–Trinajstić information content (AvgIpc) is 2.28. The van der Waals surface area contributed by atoms with Gasteiger partial charge in [-0.1, -0.05) is 23.2 Å². The summed E-state index contributed by atoms with van der Waals surface area (Å²) in [5.41, 5.74) is 2.08. The first-order chi connectivity index (χ1) is 7.70. The minimum absolute atomic E-state index is 0.470. The van der Waals surface area contributed by atoms with Crippen molar-refractivity contribution in [1.29, 1.82) is 0 Å². The Hall–Kier alpha value is -0.250. The fraction of sp³-hybridized carbons (Fsp3) is 0.455. The molecular weight excluding hydrogens is 263 g/mol. The number of nitrogens with one attached hydrogen (secondary N) is 2. The standard InChI is InChI=1S/C11H14Cl2N2S/c1-16-3-2-7-6-14-10-4-8(12)9(13)5-11(10)15-7/h4-5,7,14-15H,2-3,6H2,1H3. The molecule has 2 nitrogen and oxygen atoms in total. The molecule has 1 aromatic carbocycles. The van der Waals surface area contributed by atoms with Gasteiger partial charge in [0.1, 0.15) is 0 Å². The van der Waals surface area contributed by atoms with Crippen molar-refractivity contribution in [2.24, 2.45) is 0 Å². The summed E-state index contributed by atoms with van der Waals surface area (Å²) in [7, 11) is 0. The molecule has 2 N–H and O–H groups in total. The van der Waals surface area contributed by atoms with Crippen LogP contribution < -0.4 is 10.6 Å². The van der Waals surface area contributed by atoms with E-state index in [0.717, 1.165) is 30.1 Å². The molecule has 0 aliphatic carbocycles. The Labute approximate surface area is 110 Å². The lowest BCUT2D eigenvalue weighted by atomic mass is 10.1. The van der Waals surface area contributed by atoms with Gasteiger partial charge in [0.05, 0.1) is 21.4 Å². The first-order valence-electron chi connectivity index (χ1n) is 5.19. The predicted molar refractivity (Wildman–Crippen MR) is 75.4 cm³/mol. The van der Waals surface area contributed by atoms with Gasteiger partial charge in [-0.2, -0.15) is 11.8 Å². The highest BCUT2D eigenvalue weighted by atomic mass is 35.5. The second-order valence-corrected chi connectivity index (χ2v) is 5.62. The van der Waals surface area contributed by atoms with Crippen LogP contribution in [0.1, 0.15) is 6.42 Å². The minimum Gasteiger partial charge on any atom is -0.381 e. The third-order valence-corrected chi connectivity index (χ3v) is 4.00. The molecule has 0 amide bonds. The summed E-state index contributed by atoms with van der Waals surface area (Å²) in [5, 5.41) is 8.05. The van der Waals surface area contributed by atoms with Crippen LogP contribution in [-0.4, -0.2) is 24.6 Å². The maximum absolute atomic E-state index is 5.99. The molecule has 1 heterocycles. The van der Waals surface area contributed by atoms with Gasteiger partial charge in [-0.05, 0) is 30.6 Å². The van der Waals surface area contributed by atoms with E-state index in [9.17, 15) is 0 Å². The van der Waals surface area contributed by atoms with E-state index in [2.05, 4.69) is 16.9 Å². The second-order valence-electron chi connectivity index (χ2n) is 3.82. The maximum atomic E-state index is 5.99. The molecule has 0 aromatic heterocycles. The molecule has 1 aromatic rings. The van der Waals surface area contributed by atoms with Crippen LogP contribution in [-0.2, 0) is 0 Å². The van der Waals surface area contributed by atoms with E-state index in [1.807, 2.05) is 23.9 Å². The van der Waals surface area contributed by atoms with E-state index in [1.165, 1.54) is 0 Å². The van der Waals surface area contributed by atoms with Crippen LogP contribution in [0.25, 0.3) is 0 Å². The fourth-order valence-electron chi connectivity index (χ4n) is 1.75. The van der Waals surface area contributed by atoms with Crippen molar-refractivity contribution in [2.75, 3.05) is 29.2 Å². The number of fused-ring (bicyclic) bond motifs is 1. The lowest BCUT2D eigenvalue weighted by Crippen LogP contribution is -2.33. The first-order valence-corrected chi connectivity index (χ1v) is 7.34. The zero-order valence-corrected chi connectivity index (χ0v) is 11.3. The third kappa shape index (κ3) is 2.70. The van der Waals surface area contributed by atoms with E-state index >= 15 is 0 Å². The Morgan fingerprint density at radius 2 is 2.00 bits per heavy atom.